The van der Waals surface area contributed by atoms with Crippen LogP contribution >= 0.6 is 0 Å². The van der Waals surface area contributed by atoms with E-state index in [2.05, 4.69) is 0 Å². The molecule has 1 aromatic rings. The fourth-order valence-corrected chi connectivity index (χ4v) is 1.25. The lowest BCUT2D eigenvalue weighted by molar-refractivity contribution is -0.133. The van der Waals surface area contributed by atoms with Crippen LogP contribution in [-0.4, -0.2) is 11.1 Å². The zero-order valence-electron chi connectivity index (χ0n) is 8.70. The van der Waals surface area contributed by atoms with Gasteiger partial charge in [-0.25, -0.2) is 9.18 Å². The summed E-state index contributed by atoms with van der Waals surface area (Å²) in [6, 6.07) is 5.87. The topological polar surface area (TPSA) is 37.3 Å². The van der Waals surface area contributed by atoms with Crippen molar-refractivity contribution in [3.63, 3.8) is 0 Å². The van der Waals surface area contributed by atoms with Gasteiger partial charge in [-0.2, -0.15) is 0 Å². The minimum Gasteiger partial charge on any atom is -0.478 e. The molecular weight excluding hydrogens is 195 g/mol. The van der Waals surface area contributed by atoms with Crippen LogP contribution in [0.1, 0.15) is 19.4 Å². The summed E-state index contributed by atoms with van der Waals surface area (Å²) in [5.41, 5.74) is 0.849. The van der Waals surface area contributed by atoms with Gasteiger partial charge in [0.2, 0.25) is 0 Å². The van der Waals surface area contributed by atoms with E-state index < -0.39 is 5.97 Å². The minimum atomic E-state index is -0.964. The molecule has 2 nitrogen and oxygen atoms in total. The molecule has 15 heavy (non-hydrogen) atoms. The highest BCUT2D eigenvalue weighted by Gasteiger charge is 2.11. The second-order valence-corrected chi connectivity index (χ2v) is 3.61. The summed E-state index contributed by atoms with van der Waals surface area (Å²) in [5, 5.41) is 8.91. The summed E-state index contributed by atoms with van der Waals surface area (Å²) < 4.78 is 12.8. The molecule has 1 N–H and O–H groups in total. The van der Waals surface area contributed by atoms with Crippen molar-refractivity contribution in [2.75, 3.05) is 0 Å². The van der Waals surface area contributed by atoms with Gasteiger partial charge in [-0.3, -0.25) is 0 Å². The normalized spacial score (nSPS) is 11.9. The van der Waals surface area contributed by atoms with Crippen molar-refractivity contribution >= 4 is 12.0 Å². The molecule has 0 saturated heterocycles. The van der Waals surface area contributed by atoms with Crippen LogP contribution in [0.5, 0.6) is 0 Å². The number of carboxylic acids is 1. The van der Waals surface area contributed by atoms with E-state index in [1.807, 2.05) is 0 Å². The van der Waals surface area contributed by atoms with E-state index in [0.29, 0.717) is 5.56 Å². The second-order valence-electron chi connectivity index (χ2n) is 3.61. The molecule has 0 radical (unpaired) electrons. The first-order valence-corrected chi connectivity index (χ1v) is 4.71. The SMILES string of the molecule is CC(C)/C(=C/c1cccc(F)c1)C(=O)O. The Morgan fingerprint density at radius 3 is 2.60 bits per heavy atom. The van der Waals surface area contributed by atoms with E-state index in [-0.39, 0.29) is 17.3 Å². The Morgan fingerprint density at radius 1 is 1.47 bits per heavy atom. The molecule has 0 fully saturated rings. The molecule has 0 aliphatic carbocycles. The maximum Gasteiger partial charge on any atom is 0.331 e. The molecule has 0 unspecified atom stereocenters. The highest BCUT2D eigenvalue weighted by Crippen LogP contribution is 2.15. The molecule has 80 valence electrons. The van der Waals surface area contributed by atoms with E-state index in [9.17, 15) is 9.18 Å². The summed E-state index contributed by atoms with van der Waals surface area (Å²) in [5.74, 6) is -1.42. The summed E-state index contributed by atoms with van der Waals surface area (Å²) in [6.07, 6.45) is 1.50. The molecule has 0 heterocycles. The van der Waals surface area contributed by atoms with Gasteiger partial charge in [-0.15, -0.1) is 0 Å². The van der Waals surface area contributed by atoms with Crippen molar-refractivity contribution in [3.8, 4) is 0 Å². The Hall–Kier alpha value is -1.64. The highest BCUT2D eigenvalue weighted by atomic mass is 19.1. The van der Waals surface area contributed by atoms with Crippen molar-refractivity contribution < 1.29 is 14.3 Å². The summed E-state index contributed by atoms with van der Waals surface area (Å²) >= 11 is 0. The largest absolute Gasteiger partial charge is 0.478 e. The molecule has 0 spiro atoms. The van der Waals surface area contributed by atoms with Crippen molar-refractivity contribution in [2.45, 2.75) is 13.8 Å². The zero-order chi connectivity index (χ0) is 11.4. The Kier molecular flexibility index (Phi) is 3.61. The Labute approximate surface area is 88.1 Å². The molecule has 0 aliphatic heterocycles. The van der Waals surface area contributed by atoms with Gasteiger partial charge in [0.1, 0.15) is 5.82 Å². The number of halogens is 1. The number of carbonyl (C=O) groups is 1. The molecule has 1 aromatic carbocycles. The van der Waals surface area contributed by atoms with Gasteiger partial charge in [0, 0.05) is 5.57 Å². The maximum atomic E-state index is 12.8. The standard InChI is InChI=1S/C12H13FO2/c1-8(2)11(12(14)15)7-9-4-3-5-10(13)6-9/h3-8H,1-2H3,(H,14,15)/b11-7-. The Balaban J connectivity index is 3.08. The van der Waals surface area contributed by atoms with E-state index in [1.165, 1.54) is 18.2 Å². The number of hydrogen-bond acceptors (Lipinski definition) is 1. The molecular formula is C12H13FO2. The van der Waals surface area contributed by atoms with E-state index in [1.54, 1.807) is 26.0 Å². The quantitative estimate of drug-likeness (QED) is 0.775. The lowest BCUT2D eigenvalue weighted by Gasteiger charge is -2.05. The summed E-state index contributed by atoms with van der Waals surface area (Å²) in [6.45, 7) is 3.58. The monoisotopic (exact) mass is 208 g/mol. The van der Waals surface area contributed by atoms with Crippen LogP contribution in [-0.2, 0) is 4.79 Å². The van der Waals surface area contributed by atoms with E-state index in [4.69, 9.17) is 5.11 Å². The third-order valence-corrected chi connectivity index (χ3v) is 2.04. The van der Waals surface area contributed by atoms with Crippen molar-refractivity contribution in [3.05, 3.63) is 41.2 Å². The van der Waals surface area contributed by atoms with E-state index >= 15 is 0 Å². The fourth-order valence-electron chi connectivity index (χ4n) is 1.25. The first kappa shape index (κ1) is 11.4. The van der Waals surface area contributed by atoms with Gasteiger partial charge in [0.05, 0.1) is 0 Å². The van der Waals surface area contributed by atoms with Gasteiger partial charge in [-0.1, -0.05) is 26.0 Å². The lowest BCUT2D eigenvalue weighted by Crippen LogP contribution is -2.06. The molecule has 3 heteroatoms. The molecule has 0 atom stereocenters. The third kappa shape index (κ3) is 3.20. The Morgan fingerprint density at radius 2 is 2.13 bits per heavy atom. The van der Waals surface area contributed by atoms with Crippen LogP contribution in [0.25, 0.3) is 6.08 Å². The van der Waals surface area contributed by atoms with Crippen molar-refractivity contribution in [1.82, 2.24) is 0 Å². The first-order valence-electron chi connectivity index (χ1n) is 4.71. The van der Waals surface area contributed by atoms with Crippen LogP contribution in [0.15, 0.2) is 29.8 Å². The first-order chi connectivity index (χ1) is 7.00. The average Bonchev–Trinajstić information content (AvgIpc) is 2.13. The molecule has 0 aromatic heterocycles. The third-order valence-electron chi connectivity index (χ3n) is 2.04. The maximum absolute atomic E-state index is 12.8. The molecule has 0 aliphatic rings. The van der Waals surface area contributed by atoms with Crippen LogP contribution in [0.2, 0.25) is 0 Å². The molecule has 0 saturated carbocycles. The van der Waals surface area contributed by atoms with E-state index in [0.717, 1.165) is 0 Å². The number of hydrogen-bond donors (Lipinski definition) is 1. The number of benzene rings is 1. The summed E-state index contributed by atoms with van der Waals surface area (Å²) in [4.78, 5) is 10.9. The van der Waals surface area contributed by atoms with Gasteiger partial charge < -0.3 is 5.11 Å². The number of rotatable bonds is 3. The van der Waals surface area contributed by atoms with Crippen LogP contribution < -0.4 is 0 Å². The second kappa shape index (κ2) is 4.73. The van der Waals surface area contributed by atoms with Crippen molar-refractivity contribution in [1.29, 1.82) is 0 Å². The van der Waals surface area contributed by atoms with Crippen LogP contribution in [0.4, 0.5) is 4.39 Å². The fraction of sp³-hybridized carbons (Fsp3) is 0.250. The molecule has 0 bridgehead atoms. The molecule has 1 rings (SSSR count). The number of aliphatic carboxylic acids is 1. The highest BCUT2D eigenvalue weighted by molar-refractivity contribution is 5.92. The lowest BCUT2D eigenvalue weighted by atomic mass is 10.0. The van der Waals surface area contributed by atoms with Gasteiger partial charge in [-0.05, 0) is 29.7 Å². The van der Waals surface area contributed by atoms with Crippen molar-refractivity contribution in [2.24, 2.45) is 5.92 Å². The predicted octanol–water partition coefficient (Wildman–Crippen LogP) is 2.95. The van der Waals surface area contributed by atoms with Gasteiger partial charge in [0.25, 0.3) is 0 Å². The average molecular weight is 208 g/mol. The predicted molar refractivity (Wildman–Crippen MR) is 56.9 cm³/mol. The Bertz CT molecular complexity index is 394. The summed E-state index contributed by atoms with van der Waals surface area (Å²) in [7, 11) is 0. The number of carboxylic acid groups (broad SMARTS) is 1. The zero-order valence-corrected chi connectivity index (χ0v) is 8.70. The van der Waals surface area contributed by atoms with Gasteiger partial charge in [0.15, 0.2) is 0 Å². The minimum absolute atomic E-state index is 0.0919. The van der Waals surface area contributed by atoms with Gasteiger partial charge >= 0.3 is 5.97 Å². The molecule has 0 amide bonds. The van der Waals surface area contributed by atoms with Crippen LogP contribution in [0.3, 0.4) is 0 Å². The smallest absolute Gasteiger partial charge is 0.331 e. The van der Waals surface area contributed by atoms with Crippen LogP contribution in [0, 0.1) is 11.7 Å².